The van der Waals surface area contributed by atoms with Gasteiger partial charge in [0.25, 0.3) is 0 Å². The summed E-state index contributed by atoms with van der Waals surface area (Å²) in [4.78, 5) is 22.7. The highest BCUT2D eigenvalue weighted by Crippen LogP contribution is 2.24. The zero-order valence-electron chi connectivity index (χ0n) is 11.0. The summed E-state index contributed by atoms with van der Waals surface area (Å²) in [6.07, 6.45) is 5.60. The third-order valence-electron chi connectivity index (χ3n) is 3.58. The van der Waals surface area contributed by atoms with Crippen LogP contribution in [0.1, 0.15) is 51.9 Å². The van der Waals surface area contributed by atoms with Crippen molar-refractivity contribution in [3.05, 3.63) is 0 Å². The zero-order valence-corrected chi connectivity index (χ0v) is 11.0. The van der Waals surface area contributed by atoms with Gasteiger partial charge in [0.05, 0.1) is 12.0 Å². The summed E-state index contributed by atoms with van der Waals surface area (Å²) >= 11 is 0. The minimum atomic E-state index is -0.760. The second-order valence-corrected chi connectivity index (χ2v) is 5.16. The van der Waals surface area contributed by atoms with Crippen molar-refractivity contribution in [2.75, 3.05) is 0 Å². The Morgan fingerprint density at radius 2 is 2.17 bits per heavy atom. The molecule has 0 bridgehead atoms. The molecular formula is C13H24N2O3. The smallest absolute Gasteiger partial charge is 0.306 e. The van der Waals surface area contributed by atoms with Crippen molar-refractivity contribution in [2.45, 2.75) is 64.0 Å². The van der Waals surface area contributed by atoms with E-state index in [9.17, 15) is 9.59 Å². The van der Waals surface area contributed by atoms with E-state index in [2.05, 4.69) is 12.2 Å². The summed E-state index contributed by atoms with van der Waals surface area (Å²) in [5, 5.41) is 11.9. The second-order valence-electron chi connectivity index (χ2n) is 5.16. The van der Waals surface area contributed by atoms with E-state index < -0.39 is 12.0 Å². The summed E-state index contributed by atoms with van der Waals surface area (Å²) in [6.45, 7) is 2.06. The Balaban J connectivity index is 2.37. The van der Waals surface area contributed by atoms with Crippen LogP contribution < -0.4 is 11.1 Å². The van der Waals surface area contributed by atoms with Crippen LogP contribution >= 0.6 is 0 Å². The Bertz CT molecular complexity index is 294. The molecule has 1 rings (SSSR count). The number of carbonyl (C=O) groups excluding carboxylic acids is 1. The lowest BCUT2D eigenvalue weighted by atomic mass is 9.85. The van der Waals surface area contributed by atoms with Crippen molar-refractivity contribution < 1.29 is 14.7 Å². The Hall–Kier alpha value is -1.10. The van der Waals surface area contributed by atoms with Gasteiger partial charge in [0.15, 0.2) is 0 Å². The van der Waals surface area contributed by atoms with Gasteiger partial charge in [-0.25, -0.2) is 0 Å². The van der Waals surface area contributed by atoms with E-state index in [0.29, 0.717) is 19.3 Å². The monoisotopic (exact) mass is 256 g/mol. The molecule has 1 fully saturated rings. The van der Waals surface area contributed by atoms with Crippen molar-refractivity contribution in [3.8, 4) is 0 Å². The minimum absolute atomic E-state index is 0.0278. The van der Waals surface area contributed by atoms with Gasteiger partial charge in [-0.3, -0.25) is 9.59 Å². The summed E-state index contributed by atoms with van der Waals surface area (Å²) in [5.41, 5.74) is 5.79. The van der Waals surface area contributed by atoms with Crippen molar-refractivity contribution in [1.82, 2.24) is 5.32 Å². The quantitative estimate of drug-likeness (QED) is 0.667. The van der Waals surface area contributed by atoms with E-state index in [4.69, 9.17) is 10.8 Å². The van der Waals surface area contributed by atoms with Crippen molar-refractivity contribution in [2.24, 2.45) is 11.7 Å². The third-order valence-corrected chi connectivity index (χ3v) is 3.58. The van der Waals surface area contributed by atoms with E-state index in [1.54, 1.807) is 0 Å². The van der Waals surface area contributed by atoms with Crippen LogP contribution in [-0.2, 0) is 9.59 Å². The van der Waals surface area contributed by atoms with Gasteiger partial charge in [-0.1, -0.05) is 26.2 Å². The standard InChI is InChI=1S/C13H24N2O3/c1-2-3-7-11(14)12(16)15-10-6-4-5-9(8-10)13(17)18/h9-11H,2-8,14H2,1H3,(H,15,16)(H,17,18)/t9?,10?,11-/m0/s1. The molecule has 0 saturated heterocycles. The number of carboxylic acid groups (broad SMARTS) is 1. The maximum Gasteiger partial charge on any atom is 0.306 e. The van der Waals surface area contributed by atoms with Crippen LogP contribution in [0.4, 0.5) is 0 Å². The molecule has 1 amide bonds. The number of rotatable bonds is 6. The molecule has 3 atom stereocenters. The molecule has 4 N–H and O–H groups in total. The van der Waals surface area contributed by atoms with Crippen LogP contribution in [0, 0.1) is 5.92 Å². The fourth-order valence-corrected chi connectivity index (χ4v) is 2.41. The zero-order chi connectivity index (χ0) is 13.5. The number of hydrogen-bond donors (Lipinski definition) is 3. The normalized spacial score (nSPS) is 25.4. The first-order chi connectivity index (χ1) is 8.54. The molecule has 5 heteroatoms. The Morgan fingerprint density at radius 1 is 1.44 bits per heavy atom. The first-order valence-corrected chi connectivity index (χ1v) is 6.83. The molecule has 0 aliphatic heterocycles. The summed E-state index contributed by atoms with van der Waals surface area (Å²) in [7, 11) is 0. The molecule has 104 valence electrons. The highest BCUT2D eigenvalue weighted by molar-refractivity contribution is 5.81. The Kier molecular flexibility index (Phi) is 6.12. The predicted octanol–water partition coefficient (Wildman–Crippen LogP) is 1.26. The van der Waals surface area contributed by atoms with Gasteiger partial charge < -0.3 is 16.2 Å². The van der Waals surface area contributed by atoms with Crippen LogP contribution in [0.3, 0.4) is 0 Å². The Labute approximate surface area is 108 Å². The molecule has 0 aromatic heterocycles. The number of aliphatic carboxylic acids is 1. The fraction of sp³-hybridized carbons (Fsp3) is 0.846. The molecule has 18 heavy (non-hydrogen) atoms. The molecule has 1 aliphatic carbocycles. The van der Waals surface area contributed by atoms with E-state index in [1.165, 1.54) is 0 Å². The molecule has 1 aliphatic rings. The van der Waals surface area contributed by atoms with E-state index in [1.807, 2.05) is 0 Å². The van der Waals surface area contributed by atoms with Gasteiger partial charge in [-0.05, 0) is 25.7 Å². The lowest BCUT2D eigenvalue weighted by Crippen LogP contribution is -2.47. The van der Waals surface area contributed by atoms with Crippen LogP contribution in [-0.4, -0.2) is 29.1 Å². The van der Waals surface area contributed by atoms with Gasteiger partial charge in [-0.15, -0.1) is 0 Å². The van der Waals surface area contributed by atoms with Gasteiger partial charge >= 0.3 is 5.97 Å². The molecule has 5 nitrogen and oxygen atoms in total. The van der Waals surface area contributed by atoms with Crippen LogP contribution in [0.5, 0.6) is 0 Å². The number of carboxylic acids is 1. The summed E-state index contributed by atoms with van der Waals surface area (Å²) in [5.74, 6) is -1.22. The van der Waals surface area contributed by atoms with Crippen molar-refractivity contribution in [3.63, 3.8) is 0 Å². The fourth-order valence-electron chi connectivity index (χ4n) is 2.41. The molecule has 0 aromatic carbocycles. The largest absolute Gasteiger partial charge is 0.481 e. The maximum atomic E-state index is 11.8. The van der Waals surface area contributed by atoms with E-state index in [0.717, 1.165) is 25.7 Å². The summed E-state index contributed by atoms with van der Waals surface area (Å²) < 4.78 is 0. The SMILES string of the molecule is CCCC[C@H](N)C(=O)NC1CCCC(C(=O)O)C1. The van der Waals surface area contributed by atoms with Crippen molar-refractivity contribution in [1.29, 1.82) is 0 Å². The molecular weight excluding hydrogens is 232 g/mol. The molecule has 0 spiro atoms. The average molecular weight is 256 g/mol. The molecule has 1 saturated carbocycles. The summed E-state index contributed by atoms with van der Waals surface area (Å²) in [6, 6.07) is -0.491. The number of unbranched alkanes of at least 4 members (excludes halogenated alkanes) is 1. The van der Waals surface area contributed by atoms with Crippen LogP contribution in [0.15, 0.2) is 0 Å². The minimum Gasteiger partial charge on any atom is -0.481 e. The number of nitrogens with two attached hydrogens (primary N) is 1. The molecule has 0 radical (unpaired) electrons. The first-order valence-electron chi connectivity index (χ1n) is 6.83. The van der Waals surface area contributed by atoms with Gasteiger partial charge in [-0.2, -0.15) is 0 Å². The second kappa shape index (κ2) is 7.36. The topological polar surface area (TPSA) is 92.4 Å². The van der Waals surface area contributed by atoms with Gasteiger partial charge in [0.1, 0.15) is 0 Å². The number of nitrogens with one attached hydrogen (secondary N) is 1. The number of carbonyl (C=O) groups is 2. The van der Waals surface area contributed by atoms with Gasteiger partial charge in [0.2, 0.25) is 5.91 Å². The molecule has 2 unspecified atom stereocenters. The third kappa shape index (κ3) is 4.64. The predicted molar refractivity (Wildman–Crippen MR) is 69.0 cm³/mol. The van der Waals surface area contributed by atoms with Crippen LogP contribution in [0.25, 0.3) is 0 Å². The van der Waals surface area contributed by atoms with Crippen LogP contribution in [0.2, 0.25) is 0 Å². The highest BCUT2D eigenvalue weighted by atomic mass is 16.4. The van der Waals surface area contributed by atoms with E-state index >= 15 is 0 Å². The molecule has 0 heterocycles. The van der Waals surface area contributed by atoms with E-state index in [-0.39, 0.29) is 17.9 Å². The maximum absolute atomic E-state index is 11.8. The Morgan fingerprint density at radius 3 is 2.78 bits per heavy atom. The van der Waals surface area contributed by atoms with Gasteiger partial charge in [0, 0.05) is 6.04 Å². The number of hydrogen-bond acceptors (Lipinski definition) is 3. The number of amides is 1. The highest BCUT2D eigenvalue weighted by Gasteiger charge is 2.28. The molecule has 0 aromatic rings. The first kappa shape index (κ1) is 15.0. The lowest BCUT2D eigenvalue weighted by molar-refractivity contribution is -0.143. The average Bonchev–Trinajstić information content (AvgIpc) is 2.36. The van der Waals surface area contributed by atoms with Crippen molar-refractivity contribution >= 4 is 11.9 Å². The lowest BCUT2D eigenvalue weighted by Gasteiger charge is -2.28.